The molecule has 0 radical (unpaired) electrons. The number of hydrogen-bond acceptors (Lipinski definition) is 4. The maximum Gasteiger partial charge on any atom is 0.129 e. The summed E-state index contributed by atoms with van der Waals surface area (Å²) in [6.07, 6.45) is 6.90. The van der Waals surface area contributed by atoms with Gasteiger partial charge in [-0.1, -0.05) is 0 Å². The van der Waals surface area contributed by atoms with Crippen molar-refractivity contribution in [3.05, 3.63) is 23.9 Å². The minimum atomic E-state index is 0.682. The first kappa shape index (κ1) is 12.4. The van der Waals surface area contributed by atoms with Gasteiger partial charge in [0.05, 0.1) is 11.6 Å². The van der Waals surface area contributed by atoms with Crippen LogP contribution in [0.3, 0.4) is 0 Å². The molecule has 2 unspecified atom stereocenters. The Labute approximate surface area is 114 Å². The molecule has 0 amide bonds. The van der Waals surface area contributed by atoms with Crippen molar-refractivity contribution in [2.24, 2.45) is 5.92 Å². The van der Waals surface area contributed by atoms with Crippen molar-refractivity contribution >= 4 is 5.82 Å². The van der Waals surface area contributed by atoms with E-state index >= 15 is 0 Å². The van der Waals surface area contributed by atoms with E-state index in [0.717, 1.165) is 24.8 Å². The van der Waals surface area contributed by atoms with Crippen molar-refractivity contribution in [3.63, 3.8) is 0 Å². The van der Waals surface area contributed by atoms with Crippen LogP contribution in [0.4, 0.5) is 5.82 Å². The Bertz CT molecular complexity index is 473. The molecular weight excluding hydrogens is 236 g/mol. The molecule has 4 heteroatoms. The van der Waals surface area contributed by atoms with E-state index in [0.29, 0.717) is 11.6 Å². The first-order valence-electron chi connectivity index (χ1n) is 7.21. The zero-order valence-corrected chi connectivity index (χ0v) is 11.2. The third-order valence-electron chi connectivity index (χ3n) is 4.32. The maximum absolute atomic E-state index is 8.98. The van der Waals surface area contributed by atoms with Crippen LogP contribution in [0.25, 0.3) is 0 Å². The molecule has 3 rings (SSSR count). The Balaban J connectivity index is 1.72. The van der Waals surface area contributed by atoms with Crippen molar-refractivity contribution in [1.82, 2.24) is 10.3 Å². The van der Waals surface area contributed by atoms with Gasteiger partial charge in [0.2, 0.25) is 0 Å². The van der Waals surface area contributed by atoms with Gasteiger partial charge in [-0.3, -0.25) is 0 Å². The zero-order valence-electron chi connectivity index (χ0n) is 11.2. The van der Waals surface area contributed by atoms with Crippen molar-refractivity contribution in [1.29, 1.82) is 5.26 Å². The molecule has 4 nitrogen and oxygen atoms in total. The zero-order chi connectivity index (χ0) is 13.1. The van der Waals surface area contributed by atoms with Crippen molar-refractivity contribution in [2.45, 2.75) is 31.7 Å². The summed E-state index contributed by atoms with van der Waals surface area (Å²) in [7, 11) is 0. The number of anilines is 1. The normalized spacial score (nSPS) is 27.2. The Kier molecular flexibility index (Phi) is 3.65. The molecule has 0 aromatic carbocycles. The summed E-state index contributed by atoms with van der Waals surface area (Å²) >= 11 is 0. The molecule has 19 heavy (non-hydrogen) atoms. The molecule has 3 heterocycles. The lowest BCUT2D eigenvalue weighted by molar-refractivity contribution is 0.328. The standard InChI is InChI=1S/C15H20N4/c16-10-12-5-7-18-15(9-12)19-8-2-3-13(11-19)14-4-1-6-17-14/h5,7,9,13-14,17H,1-4,6,8,11H2. The highest BCUT2D eigenvalue weighted by atomic mass is 15.2. The van der Waals surface area contributed by atoms with E-state index in [1.54, 1.807) is 12.3 Å². The molecule has 2 aliphatic heterocycles. The van der Waals surface area contributed by atoms with Gasteiger partial charge < -0.3 is 10.2 Å². The summed E-state index contributed by atoms with van der Waals surface area (Å²) < 4.78 is 0. The fraction of sp³-hybridized carbons (Fsp3) is 0.600. The van der Waals surface area contributed by atoms with Crippen LogP contribution in [0.5, 0.6) is 0 Å². The number of piperidine rings is 1. The first-order chi connectivity index (χ1) is 9.36. The average molecular weight is 256 g/mol. The monoisotopic (exact) mass is 256 g/mol. The molecule has 100 valence electrons. The molecule has 0 aliphatic carbocycles. The Hall–Kier alpha value is -1.60. The minimum absolute atomic E-state index is 0.682. The molecule has 2 saturated heterocycles. The number of aromatic nitrogens is 1. The maximum atomic E-state index is 8.98. The van der Waals surface area contributed by atoms with Crippen LogP contribution in [-0.4, -0.2) is 30.7 Å². The van der Waals surface area contributed by atoms with Crippen LogP contribution in [0.1, 0.15) is 31.2 Å². The summed E-state index contributed by atoms with van der Waals surface area (Å²) in [4.78, 5) is 6.77. The number of hydrogen-bond donors (Lipinski definition) is 1. The quantitative estimate of drug-likeness (QED) is 0.878. The summed E-state index contributed by atoms with van der Waals surface area (Å²) in [5.74, 6) is 1.69. The molecule has 0 saturated carbocycles. The Morgan fingerprint density at radius 3 is 3.11 bits per heavy atom. The largest absolute Gasteiger partial charge is 0.356 e. The molecule has 1 N–H and O–H groups in total. The van der Waals surface area contributed by atoms with Gasteiger partial charge in [-0.15, -0.1) is 0 Å². The highest BCUT2D eigenvalue weighted by molar-refractivity contribution is 5.45. The third kappa shape index (κ3) is 2.71. The summed E-state index contributed by atoms with van der Waals surface area (Å²) in [6.45, 7) is 3.30. The lowest BCUT2D eigenvalue weighted by Gasteiger charge is -2.36. The SMILES string of the molecule is N#Cc1ccnc(N2CCCC(C3CCCN3)C2)c1. The van der Waals surface area contributed by atoms with Gasteiger partial charge in [0.15, 0.2) is 0 Å². The Morgan fingerprint density at radius 2 is 2.32 bits per heavy atom. The van der Waals surface area contributed by atoms with Gasteiger partial charge in [0, 0.05) is 25.3 Å². The van der Waals surface area contributed by atoms with E-state index < -0.39 is 0 Å². The fourth-order valence-electron chi connectivity index (χ4n) is 3.32. The van der Waals surface area contributed by atoms with Gasteiger partial charge in [-0.2, -0.15) is 5.26 Å². The van der Waals surface area contributed by atoms with Crippen LogP contribution < -0.4 is 10.2 Å². The first-order valence-corrected chi connectivity index (χ1v) is 7.21. The molecule has 2 aliphatic rings. The number of pyridine rings is 1. The molecule has 2 fully saturated rings. The second-order valence-electron chi connectivity index (χ2n) is 5.57. The summed E-state index contributed by atoms with van der Waals surface area (Å²) in [5, 5.41) is 12.6. The smallest absolute Gasteiger partial charge is 0.129 e. The van der Waals surface area contributed by atoms with Crippen molar-refractivity contribution in [3.8, 4) is 6.07 Å². The fourth-order valence-corrected chi connectivity index (χ4v) is 3.32. The molecule has 0 spiro atoms. The second kappa shape index (κ2) is 5.58. The molecule has 1 aromatic heterocycles. The van der Waals surface area contributed by atoms with E-state index in [1.807, 2.05) is 6.07 Å². The second-order valence-corrected chi connectivity index (χ2v) is 5.57. The van der Waals surface area contributed by atoms with Crippen molar-refractivity contribution in [2.75, 3.05) is 24.5 Å². The number of nitrogens with zero attached hydrogens (tertiary/aromatic N) is 3. The average Bonchev–Trinajstić information content (AvgIpc) is 3.02. The van der Waals surface area contributed by atoms with Gasteiger partial charge >= 0.3 is 0 Å². The molecular formula is C15H20N4. The highest BCUT2D eigenvalue weighted by Gasteiger charge is 2.29. The predicted molar refractivity (Wildman–Crippen MR) is 74.9 cm³/mol. The van der Waals surface area contributed by atoms with Crippen LogP contribution in [0.2, 0.25) is 0 Å². The third-order valence-corrected chi connectivity index (χ3v) is 4.32. The van der Waals surface area contributed by atoms with Crippen LogP contribution >= 0.6 is 0 Å². The summed E-state index contributed by atoms with van der Waals surface area (Å²) in [5.41, 5.74) is 0.700. The van der Waals surface area contributed by atoms with Crippen LogP contribution in [0, 0.1) is 17.2 Å². The van der Waals surface area contributed by atoms with Gasteiger partial charge in [-0.25, -0.2) is 4.98 Å². The van der Waals surface area contributed by atoms with Gasteiger partial charge in [0.1, 0.15) is 5.82 Å². The summed E-state index contributed by atoms with van der Waals surface area (Å²) in [6, 6.07) is 6.55. The molecule has 2 atom stereocenters. The lowest BCUT2D eigenvalue weighted by atomic mass is 9.90. The van der Waals surface area contributed by atoms with Gasteiger partial charge in [0.25, 0.3) is 0 Å². The molecule has 1 aromatic rings. The lowest BCUT2D eigenvalue weighted by Crippen LogP contribution is -2.43. The van der Waals surface area contributed by atoms with E-state index in [1.165, 1.54) is 32.2 Å². The van der Waals surface area contributed by atoms with Gasteiger partial charge in [-0.05, 0) is 50.3 Å². The topological polar surface area (TPSA) is 52.0 Å². The van der Waals surface area contributed by atoms with E-state index in [-0.39, 0.29) is 0 Å². The Morgan fingerprint density at radius 1 is 1.37 bits per heavy atom. The van der Waals surface area contributed by atoms with E-state index in [2.05, 4.69) is 21.3 Å². The highest BCUT2D eigenvalue weighted by Crippen LogP contribution is 2.27. The van der Waals surface area contributed by atoms with Crippen LogP contribution in [-0.2, 0) is 0 Å². The molecule has 0 bridgehead atoms. The number of rotatable bonds is 2. The van der Waals surface area contributed by atoms with E-state index in [9.17, 15) is 0 Å². The number of nitriles is 1. The van der Waals surface area contributed by atoms with E-state index in [4.69, 9.17) is 5.26 Å². The number of nitrogens with one attached hydrogen (secondary N) is 1. The van der Waals surface area contributed by atoms with Crippen LogP contribution in [0.15, 0.2) is 18.3 Å². The van der Waals surface area contributed by atoms with Crippen molar-refractivity contribution < 1.29 is 0 Å². The predicted octanol–water partition coefficient (Wildman–Crippen LogP) is 1.92. The minimum Gasteiger partial charge on any atom is -0.356 e.